The second-order valence-electron chi connectivity index (χ2n) is 7.42. The van der Waals surface area contributed by atoms with Gasteiger partial charge in [0.1, 0.15) is 5.56 Å². The molecule has 0 radical (unpaired) electrons. The van der Waals surface area contributed by atoms with Crippen molar-refractivity contribution in [2.24, 2.45) is 5.10 Å². The number of hydrogen-bond acceptors (Lipinski definition) is 6. The summed E-state index contributed by atoms with van der Waals surface area (Å²) in [7, 11) is 0. The molecule has 0 saturated heterocycles. The van der Waals surface area contributed by atoms with Crippen LogP contribution in [0.4, 0.5) is 0 Å². The van der Waals surface area contributed by atoms with Crippen LogP contribution in [0.3, 0.4) is 0 Å². The van der Waals surface area contributed by atoms with Crippen LogP contribution < -0.4 is 20.5 Å². The van der Waals surface area contributed by atoms with E-state index >= 15 is 0 Å². The summed E-state index contributed by atoms with van der Waals surface area (Å²) < 4.78 is 12.8. The third kappa shape index (κ3) is 6.93. The van der Waals surface area contributed by atoms with Crippen molar-refractivity contribution in [1.82, 2.24) is 14.9 Å². The molecule has 0 aliphatic rings. The summed E-state index contributed by atoms with van der Waals surface area (Å²) in [5, 5.41) is 3.95. The maximum atomic E-state index is 12.4. The average Bonchev–Trinajstić information content (AvgIpc) is 2.79. The average molecular weight is 457 g/mol. The van der Waals surface area contributed by atoms with Gasteiger partial charge >= 0.3 is 0 Å². The highest BCUT2D eigenvalue weighted by Gasteiger charge is 2.14. The van der Waals surface area contributed by atoms with E-state index in [-0.39, 0.29) is 29.7 Å². The van der Waals surface area contributed by atoms with Gasteiger partial charge in [0.25, 0.3) is 17.4 Å². The van der Waals surface area contributed by atoms with Crippen LogP contribution >= 0.6 is 0 Å². The lowest BCUT2D eigenvalue weighted by molar-refractivity contribution is -0.133. The maximum Gasteiger partial charge on any atom is 0.276 e. The number of hydrogen-bond donors (Lipinski definition) is 1. The predicted octanol–water partition coefficient (Wildman–Crippen LogP) is 2.84. The number of pyridine rings is 1. The van der Waals surface area contributed by atoms with Crippen LogP contribution in [-0.4, -0.2) is 53.8 Å². The Hall–Kier alpha value is -3.62. The highest BCUT2D eigenvalue weighted by molar-refractivity contribution is 5.94. The van der Waals surface area contributed by atoms with Crippen LogP contribution in [0.5, 0.6) is 11.5 Å². The van der Waals surface area contributed by atoms with E-state index in [4.69, 9.17) is 9.47 Å². The number of likely N-dealkylation sites (N-methyl/N-ethyl adjacent to an activating group) is 1. The lowest BCUT2D eigenvalue weighted by Crippen LogP contribution is -2.34. The van der Waals surface area contributed by atoms with E-state index < -0.39 is 5.91 Å². The molecule has 0 aliphatic heterocycles. The van der Waals surface area contributed by atoms with Crippen LogP contribution in [-0.2, 0) is 4.79 Å². The minimum atomic E-state index is -0.592. The van der Waals surface area contributed by atoms with Crippen molar-refractivity contribution in [1.29, 1.82) is 0 Å². The van der Waals surface area contributed by atoms with Crippen molar-refractivity contribution in [2.45, 2.75) is 40.7 Å². The zero-order valence-electron chi connectivity index (χ0n) is 19.8. The molecule has 2 aromatic rings. The number of hydrazone groups is 1. The van der Waals surface area contributed by atoms with Gasteiger partial charge in [0.05, 0.1) is 12.8 Å². The molecule has 0 unspecified atom stereocenters. The standard InChI is InChI=1S/C24H32N4O5/c1-6-27(7-2)22(29)16-33-20-12-11-18(14-21(20)32-8-3)15-25-26-23(30)19-10-9-13-28(17(4)5)24(19)31/h9-15,17H,6-8,16H2,1-5H3,(H,26,30)/b25-15-. The Morgan fingerprint density at radius 3 is 2.48 bits per heavy atom. The fourth-order valence-electron chi connectivity index (χ4n) is 3.11. The van der Waals surface area contributed by atoms with E-state index in [0.29, 0.717) is 36.8 Å². The van der Waals surface area contributed by atoms with Gasteiger partial charge in [-0.05, 0) is 70.5 Å². The van der Waals surface area contributed by atoms with Crippen LogP contribution in [0.2, 0.25) is 0 Å². The fourth-order valence-corrected chi connectivity index (χ4v) is 3.11. The topological polar surface area (TPSA) is 102 Å². The maximum absolute atomic E-state index is 12.4. The summed E-state index contributed by atoms with van der Waals surface area (Å²) in [6, 6.07) is 8.16. The molecule has 1 aromatic heterocycles. The first-order chi connectivity index (χ1) is 15.8. The summed E-state index contributed by atoms with van der Waals surface area (Å²) in [4.78, 5) is 38.7. The molecule has 0 saturated carbocycles. The first kappa shape index (κ1) is 25.6. The molecule has 2 amide bonds. The van der Waals surface area contributed by atoms with Gasteiger partial charge in [0.2, 0.25) is 0 Å². The first-order valence-electron chi connectivity index (χ1n) is 11.0. The van der Waals surface area contributed by atoms with E-state index in [9.17, 15) is 14.4 Å². The molecular formula is C24H32N4O5. The van der Waals surface area contributed by atoms with E-state index in [1.807, 2.05) is 34.6 Å². The third-order valence-electron chi connectivity index (χ3n) is 4.89. The molecule has 0 aliphatic carbocycles. The Kier molecular flexibility index (Phi) is 9.65. The van der Waals surface area contributed by atoms with Gasteiger partial charge < -0.3 is 18.9 Å². The van der Waals surface area contributed by atoms with Gasteiger partial charge in [-0.15, -0.1) is 0 Å². The van der Waals surface area contributed by atoms with E-state index in [2.05, 4.69) is 10.5 Å². The van der Waals surface area contributed by atoms with Crippen LogP contribution in [0.1, 0.15) is 56.6 Å². The number of benzene rings is 1. The van der Waals surface area contributed by atoms with Crippen molar-refractivity contribution >= 4 is 18.0 Å². The van der Waals surface area contributed by atoms with Gasteiger partial charge in [-0.3, -0.25) is 14.4 Å². The van der Waals surface area contributed by atoms with Crippen molar-refractivity contribution in [3.63, 3.8) is 0 Å². The van der Waals surface area contributed by atoms with Crippen molar-refractivity contribution in [2.75, 3.05) is 26.3 Å². The molecule has 0 spiro atoms. The Bertz CT molecular complexity index is 1040. The number of carbonyl (C=O) groups excluding carboxylic acids is 2. The lowest BCUT2D eigenvalue weighted by Gasteiger charge is -2.19. The van der Waals surface area contributed by atoms with Crippen LogP contribution in [0, 0.1) is 0 Å². The molecule has 0 fully saturated rings. The molecular weight excluding hydrogens is 424 g/mol. The predicted molar refractivity (Wildman–Crippen MR) is 127 cm³/mol. The van der Waals surface area contributed by atoms with Gasteiger partial charge in [-0.2, -0.15) is 5.10 Å². The molecule has 9 nitrogen and oxygen atoms in total. The number of amides is 2. The first-order valence-corrected chi connectivity index (χ1v) is 11.0. The number of nitrogens with zero attached hydrogens (tertiary/aromatic N) is 3. The third-order valence-corrected chi connectivity index (χ3v) is 4.89. The Morgan fingerprint density at radius 1 is 1.12 bits per heavy atom. The van der Waals surface area contributed by atoms with Gasteiger partial charge in [0.15, 0.2) is 18.1 Å². The van der Waals surface area contributed by atoms with Crippen LogP contribution in [0.25, 0.3) is 0 Å². The van der Waals surface area contributed by atoms with E-state index in [0.717, 1.165) is 0 Å². The lowest BCUT2D eigenvalue weighted by atomic mass is 10.2. The monoisotopic (exact) mass is 456 g/mol. The summed E-state index contributed by atoms with van der Waals surface area (Å²) in [5.74, 6) is 0.208. The van der Waals surface area contributed by atoms with Crippen molar-refractivity contribution in [3.05, 3.63) is 58.0 Å². The van der Waals surface area contributed by atoms with Crippen molar-refractivity contribution in [3.8, 4) is 11.5 Å². The minimum absolute atomic E-state index is 0.0139. The van der Waals surface area contributed by atoms with Gasteiger partial charge in [-0.1, -0.05) is 0 Å². The zero-order chi connectivity index (χ0) is 24.4. The SMILES string of the molecule is CCOc1cc(/C=N\NC(=O)c2cccn(C(C)C)c2=O)ccc1OCC(=O)N(CC)CC. The highest BCUT2D eigenvalue weighted by Crippen LogP contribution is 2.28. The number of aromatic nitrogens is 1. The molecule has 1 heterocycles. The minimum Gasteiger partial charge on any atom is -0.490 e. The molecule has 2 rings (SSSR count). The number of rotatable bonds is 11. The second-order valence-corrected chi connectivity index (χ2v) is 7.42. The number of nitrogens with one attached hydrogen (secondary N) is 1. The zero-order valence-corrected chi connectivity index (χ0v) is 19.8. The molecule has 33 heavy (non-hydrogen) atoms. The molecule has 0 atom stereocenters. The quantitative estimate of drug-likeness (QED) is 0.414. The normalized spacial score (nSPS) is 11.0. The van der Waals surface area contributed by atoms with Crippen molar-refractivity contribution < 1.29 is 19.1 Å². The number of carbonyl (C=O) groups is 2. The Balaban J connectivity index is 2.09. The largest absolute Gasteiger partial charge is 0.490 e. The summed E-state index contributed by atoms with van der Waals surface area (Å²) in [6.45, 7) is 11.0. The molecule has 0 bridgehead atoms. The summed E-state index contributed by atoms with van der Waals surface area (Å²) >= 11 is 0. The van der Waals surface area contributed by atoms with Gasteiger partial charge in [-0.25, -0.2) is 5.43 Å². The van der Waals surface area contributed by atoms with Crippen LogP contribution in [0.15, 0.2) is 46.4 Å². The summed E-state index contributed by atoms with van der Waals surface area (Å²) in [5.41, 5.74) is 2.67. The molecule has 9 heteroatoms. The molecule has 178 valence electrons. The second kappa shape index (κ2) is 12.4. The molecule has 1 aromatic carbocycles. The Morgan fingerprint density at radius 2 is 1.85 bits per heavy atom. The van der Waals surface area contributed by atoms with Gasteiger partial charge in [0, 0.05) is 25.3 Å². The molecule has 1 N–H and O–H groups in total. The smallest absolute Gasteiger partial charge is 0.276 e. The van der Waals surface area contributed by atoms with E-state index in [1.54, 1.807) is 35.4 Å². The Labute approximate surface area is 194 Å². The highest BCUT2D eigenvalue weighted by atomic mass is 16.5. The number of ether oxygens (including phenoxy) is 2. The summed E-state index contributed by atoms with van der Waals surface area (Å²) in [6.07, 6.45) is 3.08. The fraction of sp³-hybridized carbons (Fsp3) is 0.417. The van der Waals surface area contributed by atoms with E-state index in [1.165, 1.54) is 16.8 Å².